The van der Waals surface area contributed by atoms with Crippen molar-refractivity contribution in [2.24, 2.45) is 0 Å². The fraction of sp³-hybridized carbons (Fsp3) is 0.235. The van der Waals surface area contributed by atoms with Gasteiger partial charge in [0.2, 0.25) is 0 Å². The number of para-hydroxylation sites is 1. The van der Waals surface area contributed by atoms with Crippen LogP contribution < -0.4 is 5.32 Å². The summed E-state index contributed by atoms with van der Waals surface area (Å²) in [5.74, 6) is 0. The molecule has 0 aromatic heterocycles. The summed E-state index contributed by atoms with van der Waals surface area (Å²) in [4.78, 5) is 2.16. The fourth-order valence-electron chi connectivity index (χ4n) is 2.04. The van der Waals surface area contributed by atoms with Crippen LogP contribution >= 0.6 is 12.2 Å². The zero-order valence-electron chi connectivity index (χ0n) is 12.0. The molecular weight excluding hydrogens is 264 g/mol. The lowest BCUT2D eigenvalue weighted by Gasteiger charge is -2.25. The van der Waals surface area contributed by atoms with Crippen molar-refractivity contribution in [2.45, 2.75) is 20.4 Å². The summed E-state index contributed by atoms with van der Waals surface area (Å²) in [6.45, 7) is 5.91. The van der Waals surface area contributed by atoms with Crippen LogP contribution in [0.15, 0.2) is 54.6 Å². The molecule has 0 fully saturated rings. The largest absolute Gasteiger partial charge is 0.345 e. The number of hydrogen-bond acceptors (Lipinski definition) is 1. The van der Waals surface area contributed by atoms with Gasteiger partial charge in [-0.1, -0.05) is 48.5 Å². The number of thiocarbonyl (C=S) groups is 1. The number of rotatable bonds is 4. The van der Waals surface area contributed by atoms with Gasteiger partial charge in [0.25, 0.3) is 0 Å². The van der Waals surface area contributed by atoms with E-state index in [9.17, 15) is 0 Å². The minimum Gasteiger partial charge on any atom is -0.345 e. The first kappa shape index (κ1) is 14.5. The van der Waals surface area contributed by atoms with Crippen molar-refractivity contribution in [1.82, 2.24) is 4.90 Å². The van der Waals surface area contributed by atoms with E-state index in [1.807, 2.05) is 18.2 Å². The Bertz CT molecular complexity index is 566. The zero-order chi connectivity index (χ0) is 14.4. The van der Waals surface area contributed by atoms with Gasteiger partial charge in [0.1, 0.15) is 0 Å². The molecule has 3 heteroatoms. The molecule has 2 nitrogen and oxygen atoms in total. The van der Waals surface area contributed by atoms with E-state index in [4.69, 9.17) is 12.2 Å². The molecule has 0 amide bonds. The Morgan fingerprint density at radius 3 is 2.35 bits per heavy atom. The molecule has 0 saturated heterocycles. The number of hydrogen-bond donors (Lipinski definition) is 1. The molecule has 0 aliphatic heterocycles. The summed E-state index contributed by atoms with van der Waals surface area (Å²) in [6, 6.07) is 18.6. The van der Waals surface area contributed by atoms with Gasteiger partial charge in [0, 0.05) is 18.8 Å². The first-order valence-electron chi connectivity index (χ1n) is 6.86. The maximum Gasteiger partial charge on any atom is 0.173 e. The van der Waals surface area contributed by atoms with Crippen LogP contribution in [0.4, 0.5) is 5.69 Å². The van der Waals surface area contributed by atoms with E-state index < -0.39 is 0 Å². The molecule has 104 valence electrons. The second-order valence-electron chi connectivity index (χ2n) is 4.74. The second kappa shape index (κ2) is 7.06. The smallest absolute Gasteiger partial charge is 0.173 e. The Labute approximate surface area is 126 Å². The molecule has 0 heterocycles. The maximum absolute atomic E-state index is 5.53. The van der Waals surface area contributed by atoms with Crippen LogP contribution in [-0.4, -0.2) is 16.6 Å². The predicted molar refractivity (Wildman–Crippen MR) is 89.9 cm³/mol. The first-order valence-corrected chi connectivity index (χ1v) is 7.27. The van der Waals surface area contributed by atoms with Crippen LogP contribution in [0, 0.1) is 6.92 Å². The van der Waals surface area contributed by atoms with E-state index in [1.165, 1.54) is 11.1 Å². The lowest BCUT2D eigenvalue weighted by molar-refractivity contribution is 0.442. The minimum absolute atomic E-state index is 0.769. The van der Waals surface area contributed by atoms with E-state index >= 15 is 0 Å². The molecule has 0 bridgehead atoms. The highest BCUT2D eigenvalue weighted by Crippen LogP contribution is 2.15. The maximum atomic E-state index is 5.53. The molecule has 0 aliphatic rings. The summed E-state index contributed by atoms with van der Waals surface area (Å²) < 4.78 is 0. The van der Waals surface area contributed by atoms with Gasteiger partial charge in [-0.25, -0.2) is 0 Å². The molecule has 2 aromatic rings. The second-order valence-corrected chi connectivity index (χ2v) is 5.13. The molecule has 2 rings (SSSR count). The van der Waals surface area contributed by atoms with E-state index in [-0.39, 0.29) is 0 Å². The van der Waals surface area contributed by atoms with E-state index in [1.54, 1.807) is 0 Å². The Kier molecular flexibility index (Phi) is 5.13. The number of nitrogens with one attached hydrogen (secondary N) is 1. The van der Waals surface area contributed by atoms with Crippen LogP contribution in [0.5, 0.6) is 0 Å². The zero-order valence-corrected chi connectivity index (χ0v) is 12.8. The van der Waals surface area contributed by atoms with Crippen molar-refractivity contribution >= 4 is 23.0 Å². The van der Waals surface area contributed by atoms with Gasteiger partial charge in [-0.2, -0.15) is 0 Å². The van der Waals surface area contributed by atoms with Crippen LogP contribution in [0.3, 0.4) is 0 Å². The summed E-state index contributed by atoms with van der Waals surface area (Å²) in [7, 11) is 0. The highest BCUT2D eigenvalue weighted by molar-refractivity contribution is 7.80. The van der Waals surface area contributed by atoms with Gasteiger partial charge in [-0.15, -0.1) is 0 Å². The van der Waals surface area contributed by atoms with Crippen molar-refractivity contribution in [3.8, 4) is 0 Å². The molecule has 0 spiro atoms. The standard InChI is InChI=1S/C17H20N2S/c1-3-19(13-15-10-5-4-6-11-15)17(20)18-16-12-8-7-9-14(16)2/h4-12H,3,13H2,1-2H3,(H,18,20). The minimum atomic E-state index is 0.769. The molecule has 0 atom stereocenters. The third kappa shape index (κ3) is 3.81. The summed E-state index contributed by atoms with van der Waals surface area (Å²) in [5.41, 5.74) is 3.54. The lowest BCUT2D eigenvalue weighted by Crippen LogP contribution is -2.34. The average molecular weight is 284 g/mol. The van der Waals surface area contributed by atoms with Crippen molar-refractivity contribution in [1.29, 1.82) is 0 Å². The van der Waals surface area contributed by atoms with Gasteiger partial charge < -0.3 is 10.2 Å². The van der Waals surface area contributed by atoms with Crippen LogP contribution in [0.1, 0.15) is 18.1 Å². The van der Waals surface area contributed by atoms with Gasteiger partial charge in [-0.3, -0.25) is 0 Å². The molecule has 0 saturated carbocycles. The molecule has 0 aliphatic carbocycles. The third-order valence-electron chi connectivity index (χ3n) is 3.27. The van der Waals surface area contributed by atoms with E-state index in [2.05, 4.69) is 60.5 Å². The fourth-order valence-corrected chi connectivity index (χ4v) is 2.34. The number of nitrogens with zero attached hydrogens (tertiary/aromatic N) is 1. The lowest BCUT2D eigenvalue weighted by atomic mass is 10.2. The Hall–Kier alpha value is -1.87. The van der Waals surface area contributed by atoms with Crippen molar-refractivity contribution in [3.05, 3.63) is 65.7 Å². The third-order valence-corrected chi connectivity index (χ3v) is 3.63. The van der Waals surface area contributed by atoms with Gasteiger partial charge in [0.05, 0.1) is 0 Å². The van der Waals surface area contributed by atoms with Crippen molar-refractivity contribution < 1.29 is 0 Å². The van der Waals surface area contributed by atoms with Crippen LogP contribution in [-0.2, 0) is 6.54 Å². The summed E-state index contributed by atoms with van der Waals surface area (Å²) >= 11 is 5.53. The summed E-state index contributed by atoms with van der Waals surface area (Å²) in [6.07, 6.45) is 0. The molecule has 0 radical (unpaired) electrons. The van der Waals surface area contributed by atoms with Crippen molar-refractivity contribution in [3.63, 3.8) is 0 Å². The quantitative estimate of drug-likeness (QED) is 0.847. The summed E-state index contributed by atoms with van der Waals surface area (Å²) in [5, 5.41) is 4.11. The SMILES string of the molecule is CCN(Cc1ccccc1)C(=S)Nc1ccccc1C. The monoisotopic (exact) mass is 284 g/mol. The van der Waals surface area contributed by atoms with Crippen LogP contribution in [0.25, 0.3) is 0 Å². The van der Waals surface area contributed by atoms with Gasteiger partial charge in [-0.05, 0) is 43.3 Å². The predicted octanol–water partition coefficient (Wildman–Crippen LogP) is 4.21. The normalized spacial score (nSPS) is 10.1. The highest BCUT2D eigenvalue weighted by atomic mass is 32.1. The Morgan fingerprint density at radius 1 is 1.05 bits per heavy atom. The topological polar surface area (TPSA) is 15.3 Å². The van der Waals surface area contributed by atoms with Gasteiger partial charge >= 0.3 is 0 Å². The van der Waals surface area contributed by atoms with E-state index in [0.717, 1.165) is 23.9 Å². The van der Waals surface area contributed by atoms with Crippen LogP contribution in [0.2, 0.25) is 0 Å². The Balaban J connectivity index is 2.04. The molecule has 0 unspecified atom stereocenters. The number of aryl methyl sites for hydroxylation is 1. The highest BCUT2D eigenvalue weighted by Gasteiger charge is 2.09. The number of benzene rings is 2. The molecule has 20 heavy (non-hydrogen) atoms. The average Bonchev–Trinajstić information content (AvgIpc) is 2.48. The van der Waals surface area contributed by atoms with Gasteiger partial charge in [0.15, 0.2) is 5.11 Å². The Morgan fingerprint density at radius 2 is 1.70 bits per heavy atom. The van der Waals surface area contributed by atoms with E-state index in [0.29, 0.717) is 0 Å². The first-order chi connectivity index (χ1) is 9.70. The van der Waals surface area contributed by atoms with Crippen molar-refractivity contribution in [2.75, 3.05) is 11.9 Å². The molecule has 2 aromatic carbocycles. The molecular formula is C17H20N2S. The molecule has 1 N–H and O–H groups in total. The number of anilines is 1.